The second kappa shape index (κ2) is 8.45. The summed E-state index contributed by atoms with van der Waals surface area (Å²) in [7, 11) is 0. The molecule has 3 rings (SSSR count). The fourth-order valence-electron chi connectivity index (χ4n) is 2.16. The van der Waals surface area contributed by atoms with Crippen LogP contribution in [0.3, 0.4) is 0 Å². The fourth-order valence-corrected chi connectivity index (χ4v) is 4.28. The number of hydrogen-bond acceptors (Lipinski definition) is 3. The third-order valence-corrected chi connectivity index (χ3v) is 5.64. The van der Waals surface area contributed by atoms with Gasteiger partial charge in [0.05, 0.1) is 10.6 Å². The fraction of sp³-hybridized carbons (Fsp3) is 0.0556. The highest BCUT2D eigenvalue weighted by atomic mass is 79.9. The van der Waals surface area contributed by atoms with Crippen molar-refractivity contribution in [2.24, 2.45) is 0 Å². The lowest BCUT2D eigenvalue weighted by molar-refractivity contribution is 0.103. The summed E-state index contributed by atoms with van der Waals surface area (Å²) < 4.78 is 45.9. The molecule has 0 radical (unpaired) electrons. The van der Waals surface area contributed by atoms with Crippen LogP contribution < -0.4 is 10.1 Å². The maximum absolute atomic E-state index is 13.6. The van der Waals surface area contributed by atoms with Crippen molar-refractivity contribution in [2.45, 2.75) is 6.61 Å². The molecule has 1 N–H and O–H groups in total. The van der Waals surface area contributed by atoms with Gasteiger partial charge in [0.15, 0.2) is 11.6 Å². The molecule has 2 aromatic carbocycles. The van der Waals surface area contributed by atoms with Crippen molar-refractivity contribution < 1.29 is 22.7 Å². The minimum Gasteiger partial charge on any atom is -0.486 e. The summed E-state index contributed by atoms with van der Waals surface area (Å²) in [6.45, 7) is 0.0241. The Morgan fingerprint density at radius 1 is 1.04 bits per heavy atom. The van der Waals surface area contributed by atoms with Crippen LogP contribution in [0.1, 0.15) is 15.2 Å². The van der Waals surface area contributed by atoms with Crippen molar-refractivity contribution in [2.75, 3.05) is 5.32 Å². The number of ether oxygens (including phenoxy) is 1. The minimum absolute atomic E-state index is 0.0241. The van der Waals surface area contributed by atoms with E-state index in [0.29, 0.717) is 25.1 Å². The Balaban J connectivity index is 1.67. The van der Waals surface area contributed by atoms with Crippen LogP contribution in [0.5, 0.6) is 5.75 Å². The van der Waals surface area contributed by atoms with Gasteiger partial charge in [-0.2, -0.15) is 0 Å². The van der Waals surface area contributed by atoms with Crippen LogP contribution in [0, 0.1) is 17.5 Å². The van der Waals surface area contributed by atoms with Crippen LogP contribution >= 0.6 is 43.2 Å². The standard InChI is InChI=1S/C18H10Br2F3NO2S/c19-12-4-11(22)5-13(20)17(12)24-18(25)16-3-9(8-27-16)7-26-15-2-1-10(21)6-14(15)23/h1-6,8H,7H2,(H,24,25). The lowest BCUT2D eigenvalue weighted by Crippen LogP contribution is -2.11. The third-order valence-electron chi connectivity index (χ3n) is 3.41. The Labute approximate surface area is 173 Å². The van der Waals surface area contributed by atoms with E-state index in [4.69, 9.17) is 4.74 Å². The van der Waals surface area contributed by atoms with Gasteiger partial charge in [-0.05, 0) is 67.6 Å². The maximum Gasteiger partial charge on any atom is 0.265 e. The van der Waals surface area contributed by atoms with Gasteiger partial charge >= 0.3 is 0 Å². The van der Waals surface area contributed by atoms with E-state index < -0.39 is 17.5 Å². The molecule has 3 aromatic rings. The smallest absolute Gasteiger partial charge is 0.265 e. The number of amides is 1. The normalized spacial score (nSPS) is 10.7. The quantitative estimate of drug-likeness (QED) is 0.416. The van der Waals surface area contributed by atoms with E-state index in [0.717, 1.165) is 12.1 Å². The van der Waals surface area contributed by atoms with Gasteiger partial charge in [0.2, 0.25) is 0 Å². The van der Waals surface area contributed by atoms with Gasteiger partial charge < -0.3 is 10.1 Å². The molecule has 0 aliphatic heterocycles. The number of thiophene rings is 1. The van der Waals surface area contributed by atoms with E-state index >= 15 is 0 Å². The van der Waals surface area contributed by atoms with Gasteiger partial charge in [-0.25, -0.2) is 13.2 Å². The second-order valence-electron chi connectivity index (χ2n) is 5.38. The number of benzene rings is 2. The van der Waals surface area contributed by atoms with Crippen molar-refractivity contribution in [3.8, 4) is 5.75 Å². The van der Waals surface area contributed by atoms with Crippen molar-refractivity contribution in [1.29, 1.82) is 0 Å². The summed E-state index contributed by atoms with van der Waals surface area (Å²) in [5, 5.41) is 4.39. The van der Waals surface area contributed by atoms with Crippen LogP contribution in [-0.4, -0.2) is 5.91 Å². The zero-order valence-electron chi connectivity index (χ0n) is 13.4. The number of carbonyl (C=O) groups excluding carboxylic acids is 1. The highest BCUT2D eigenvalue weighted by Crippen LogP contribution is 2.33. The van der Waals surface area contributed by atoms with E-state index in [1.807, 2.05) is 0 Å². The molecule has 0 aliphatic rings. The summed E-state index contributed by atoms with van der Waals surface area (Å²) >= 11 is 7.59. The number of rotatable bonds is 5. The first-order chi connectivity index (χ1) is 12.8. The highest BCUT2D eigenvalue weighted by molar-refractivity contribution is 9.11. The predicted octanol–water partition coefficient (Wildman–Crippen LogP) is 6.52. The number of nitrogens with one attached hydrogen (secondary N) is 1. The average Bonchev–Trinajstić information content (AvgIpc) is 3.06. The Hall–Kier alpha value is -1.84. The Morgan fingerprint density at radius 3 is 2.41 bits per heavy atom. The van der Waals surface area contributed by atoms with Gasteiger partial charge in [-0.1, -0.05) is 0 Å². The topological polar surface area (TPSA) is 38.3 Å². The van der Waals surface area contributed by atoms with Gasteiger partial charge in [0.25, 0.3) is 5.91 Å². The Bertz CT molecular complexity index is 987. The summed E-state index contributed by atoms with van der Waals surface area (Å²) in [4.78, 5) is 12.8. The first kappa shape index (κ1) is 19.9. The number of carbonyl (C=O) groups is 1. The molecule has 0 unspecified atom stereocenters. The molecule has 1 amide bonds. The molecule has 0 saturated carbocycles. The van der Waals surface area contributed by atoms with Crippen molar-refractivity contribution in [1.82, 2.24) is 0 Å². The van der Waals surface area contributed by atoms with Crippen molar-refractivity contribution in [3.05, 3.63) is 78.6 Å². The van der Waals surface area contributed by atoms with E-state index in [-0.39, 0.29) is 18.3 Å². The maximum atomic E-state index is 13.6. The lowest BCUT2D eigenvalue weighted by Gasteiger charge is -2.09. The summed E-state index contributed by atoms with van der Waals surface area (Å²) in [5.74, 6) is -2.39. The molecule has 1 heterocycles. The predicted molar refractivity (Wildman–Crippen MR) is 105 cm³/mol. The summed E-state index contributed by atoms with van der Waals surface area (Å²) in [5.41, 5.74) is 1.06. The number of anilines is 1. The molecule has 0 spiro atoms. The monoisotopic (exact) mass is 519 g/mol. The largest absolute Gasteiger partial charge is 0.486 e. The molecule has 0 saturated heterocycles. The molecule has 0 aliphatic carbocycles. The van der Waals surface area contributed by atoms with Gasteiger partial charge in [-0.3, -0.25) is 4.79 Å². The lowest BCUT2D eigenvalue weighted by atomic mass is 10.3. The Kier molecular flexibility index (Phi) is 6.23. The molecule has 0 bridgehead atoms. The third kappa shape index (κ3) is 4.91. The zero-order chi connectivity index (χ0) is 19.6. The van der Waals surface area contributed by atoms with E-state index in [1.165, 1.54) is 29.5 Å². The molecular formula is C18H10Br2F3NO2S. The first-order valence-electron chi connectivity index (χ1n) is 7.44. The van der Waals surface area contributed by atoms with Crippen LogP contribution in [0.2, 0.25) is 0 Å². The average molecular weight is 521 g/mol. The molecule has 27 heavy (non-hydrogen) atoms. The van der Waals surface area contributed by atoms with Crippen LogP contribution in [-0.2, 0) is 6.61 Å². The second-order valence-corrected chi connectivity index (χ2v) is 8.00. The van der Waals surface area contributed by atoms with Gasteiger partial charge in [0, 0.05) is 20.6 Å². The minimum atomic E-state index is -0.797. The van der Waals surface area contributed by atoms with Crippen molar-refractivity contribution >= 4 is 54.8 Å². The number of hydrogen-bond donors (Lipinski definition) is 1. The van der Waals surface area contributed by atoms with Gasteiger partial charge in [-0.15, -0.1) is 11.3 Å². The van der Waals surface area contributed by atoms with Gasteiger partial charge in [0.1, 0.15) is 18.2 Å². The molecular weight excluding hydrogens is 511 g/mol. The SMILES string of the molecule is O=C(Nc1c(Br)cc(F)cc1Br)c1cc(COc2ccc(F)cc2F)cs1. The molecule has 3 nitrogen and oxygen atoms in total. The van der Waals surface area contributed by atoms with Crippen LogP contribution in [0.4, 0.5) is 18.9 Å². The van der Waals surface area contributed by atoms with Crippen molar-refractivity contribution in [3.63, 3.8) is 0 Å². The molecule has 0 fully saturated rings. The Morgan fingerprint density at radius 2 is 1.74 bits per heavy atom. The first-order valence-corrected chi connectivity index (χ1v) is 9.91. The number of halogens is 5. The van der Waals surface area contributed by atoms with E-state index in [9.17, 15) is 18.0 Å². The molecule has 9 heteroatoms. The van der Waals surface area contributed by atoms with E-state index in [1.54, 1.807) is 11.4 Å². The van der Waals surface area contributed by atoms with E-state index in [2.05, 4.69) is 37.2 Å². The molecule has 0 atom stereocenters. The van der Waals surface area contributed by atoms with Crippen LogP contribution in [0.25, 0.3) is 0 Å². The summed E-state index contributed by atoms with van der Waals surface area (Å²) in [6, 6.07) is 7.13. The molecule has 1 aromatic heterocycles. The summed E-state index contributed by atoms with van der Waals surface area (Å²) in [6.07, 6.45) is 0. The van der Waals surface area contributed by atoms with Crippen LogP contribution in [0.15, 0.2) is 50.7 Å². The zero-order valence-corrected chi connectivity index (χ0v) is 17.4. The highest BCUT2D eigenvalue weighted by Gasteiger charge is 2.15. The molecule has 140 valence electrons.